The average molecular weight is 370 g/mol. The van der Waals surface area contributed by atoms with E-state index >= 15 is 0 Å². The Morgan fingerprint density at radius 1 is 1.18 bits per heavy atom. The molecule has 0 aromatic rings. The molecule has 0 N–H and O–H groups in total. The van der Waals surface area contributed by atoms with Gasteiger partial charge >= 0.3 is 5.97 Å². The van der Waals surface area contributed by atoms with Crippen molar-refractivity contribution in [1.82, 2.24) is 0 Å². The van der Waals surface area contributed by atoms with Crippen LogP contribution in [0.25, 0.3) is 0 Å². The van der Waals surface area contributed by atoms with E-state index in [0.717, 1.165) is 18.2 Å². The molecule has 0 aromatic carbocycles. The highest BCUT2D eigenvalue weighted by atomic mass is 79.9. The zero-order valence-corrected chi connectivity index (χ0v) is 13.5. The lowest BCUT2D eigenvalue weighted by atomic mass is 10.1. The van der Waals surface area contributed by atoms with Crippen LogP contribution in [0.1, 0.15) is 51.4 Å². The molecule has 0 aliphatic rings. The van der Waals surface area contributed by atoms with Gasteiger partial charge in [0.05, 0.1) is 6.26 Å². The van der Waals surface area contributed by atoms with E-state index in [0.29, 0.717) is 11.2 Å². The van der Waals surface area contributed by atoms with Gasteiger partial charge in [0, 0.05) is 16.6 Å². The topological polar surface area (TPSA) is 26.3 Å². The summed E-state index contributed by atoms with van der Waals surface area (Å²) in [6.07, 6.45) is 10.0. The van der Waals surface area contributed by atoms with Crippen LogP contribution in [0.15, 0.2) is 12.8 Å². The third-order valence-electron chi connectivity index (χ3n) is 2.53. The van der Waals surface area contributed by atoms with E-state index < -0.39 is 0 Å². The van der Waals surface area contributed by atoms with Crippen LogP contribution in [0.3, 0.4) is 0 Å². The first-order valence-corrected chi connectivity index (χ1v) is 8.24. The molecular formula is C13H22Br2O2. The molecule has 0 radical (unpaired) electrons. The minimum absolute atomic E-state index is 0.167. The van der Waals surface area contributed by atoms with Crippen LogP contribution in [0.4, 0.5) is 0 Å². The van der Waals surface area contributed by atoms with Crippen molar-refractivity contribution in [3.63, 3.8) is 0 Å². The van der Waals surface area contributed by atoms with Crippen molar-refractivity contribution < 1.29 is 9.53 Å². The first kappa shape index (κ1) is 17.2. The number of carbonyl (C=O) groups is 1. The van der Waals surface area contributed by atoms with E-state index in [1.54, 1.807) is 0 Å². The van der Waals surface area contributed by atoms with Gasteiger partial charge in [-0.3, -0.25) is 4.79 Å². The normalized spacial score (nSPS) is 12.1. The molecule has 2 nitrogen and oxygen atoms in total. The number of halogens is 2. The molecule has 0 rings (SSSR count). The molecule has 17 heavy (non-hydrogen) atoms. The number of rotatable bonds is 11. The van der Waals surface area contributed by atoms with Crippen molar-refractivity contribution in [1.29, 1.82) is 0 Å². The van der Waals surface area contributed by atoms with Crippen molar-refractivity contribution in [2.45, 2.75) is 56.2 Å². The zero-order valence-electron chi connectivity index (χ0n) is 10.3. The SMILES string of the molecule is C=COC(=O)CCCCCCCCC(Br)CBr. The second kappa shape index (κ2) is 12.6. The van der Waals surface area contributed by atoms with E-state index in [1.807, 2.05) is 0 Å². The van der Waals surface area contributed by atoms with Crippen LogP contribution in [0, 0.1) is 0 Å². The molecule has 0 saturated carbocycles. The lowest BCUT2D eigenvalue weighted by Gasteiger charge is -2.05. The molecule has 0 aliphatic heterocycles. The Morgan fingerprint density at radius 3 is 2.35 bits per heavy atom. The van der Waals surface area contributed by atoms with Crippen LogP contribution in [0.5, 0.6) is 0 Å². The van der Waals surface area contributed by atoms with Crippen molar-refractivity contribution in [2.75, 3.05) is 5.33 Å². The number of hydrogen-bond acceptors (Lipinski definition) is 2. The molecule has 0 amide bonds. The van der Waals surface area contributed by atoms with Gasteiger partial charge in [-0.05, 0) is 12.8 Å². The predicted octanol–water partition coefficient (Wildman–Crippen LogP) is 4.95. The number of hydrogen-bond donors (Lipinski definition) is 0. The number of carbonyl (C=O) groups excluding carboxylic acids is 1. The fourth-order valence-electron chi connectivity index (χ4n) is 1.57. The Labute approximate surface area is 121 Å². The summed E-state index contributed by atoms with van der Waals surface area (Å²) < 4.78 is 4.64. The number of esters is 1. The van der Waals surface area contributed by atoms with E-state index in [4.69, 9.17) is 0 Å². The lowest BCUT2D eigenvalue weighted by molar-refractivity contribution is -0.138. The van der Waals surface area contributed by atoms with Gasteiger partial charge < -0.3 is 4.74 Å². The Morgan fingerprint density at radius 2 is 1.76 bits per heavy atom. The molecular weight excluding hydrogens is 348 g/mol. The summed E-state index contributed by atoms with van der Waals surface area (Å²) in [5.41, 5.74) is 0. The zero-order chi connectivity index (χ0) is 12.9. The smallest absolute Gasteiger partial charge is 0.310 e. The Hall–Kier alpha value is 0.170. The van der Waals surface area contributed by atoms with Gasteiger partial charge in [-0.1, -0.05) is 70.5 Å². The first-order valence-electron chi connectivity index (χ1n) is 6.21. The van der Waals surface area contributed by atoms with Gasteiger partial charge in [0.15, 0.2) is 0 Å². The summed E-state index contributed by atoms with van der Waals surface area (Å²) in [6, 6.07) is 0. The van der Waals surface area contributed by atoms with Crippen molar-refractivity contribution in [3.8, 4) is 0 Å². The minimum atomic E-state index is -0.167. The Bertz CT molecular complexity index is 208. The van der Waals surface area contributed by atoms with Crippen LogP contribution in [-0.2, 0) is 9.53 Å². The number of ether oxygens (including phenoxy) is 1. The molecule has 4 heteroatoms. The molecule has 0 bridgehead atoms. The summed E-state index contributed by atoms with van der Waals surface area (Å²) in [5.74, 6) is -0.167. The molecule has 0 aromatic heterocycles. The third kappa shape index (κ3) is 12.4. The summed E-state index contributed by atoms with van der Waals surface area (Å²) >= 11 is 7.04. The molecule has 0 aliphatic carbocycles. The quantitative estimate of drug-likeness (QED) is 0.223. The molecule has 100 valence electrons. The summed E-state index contributed by atoms with van der Waals surface area (Å²) in [4.78, 5) is 11.6. The highest BCUT2D eigenvalue weighted by molar-refractivity contribution is 9.12. The summed E-state index contributed by atoms with van der Waals surface area (Å²) in [6.45, 7) is 3.35. The molecule has 0 saturated heterocycles. The Kier molecular flexibility index (Phi) is 12.7. The maximum atomic E-state index is 11.0. The fourth-order valence-corrected chi connectivity index (χ4v) is 2.22. The monoisotopic (exact) mass is 368 g/mol. The number of unbranched alkanes of at least 4 members (excludes halogenated alkanes) is 5. The van der Waals surface area contributed by atoms with Gasteiger partial charge in [-0.15, -0.1) is 0 Å². The van der Waals surface area contributed by atoms with Crippen molar-refractivity contribution >= 4 is 37.8 Å². The molecule has 1 atom stereocenters. The minimum Gasteiger partial charge on any atom is -0.435 e. The Balaban J connectivity index is 3.13. The van der Waals surface area contributed by atoms with Gasteiger partial charge in [-0.2, -0.15) is 0 Å². The van der Waals surface area contributed by atoms with Crippen LogP contribution < -0.4 is 0 Å². The maximum absolute atomic E-state index is 11.0. The molecule has 0 spiro atoms. The van der Waals surface area contributed by atoms with Crippen molar-refractivity contribution in [3.05, 3.63) is 12.8 Å². The largest absolute Gasteiger partial charge is 0.435 e. The first-order chi connectivity index (χ1) is 8.20. The van der Waals surface area contributed by atoms with E-state index in [2.05, 4.69) is 43.2 Å². The molecule has 0 fully saturated rings. The van der Waals surface area contributed by atoms with Crippen LogP contribution >= 0.6 is 31.9 Å². The van der Waals surface area contributed by atoms with Crippen molar-refractivity contribution in [2.24, 2.45) is 0 Å². The highest BCUT2D eigenvalue weighted by Gasteiger charge is 2.02. The molecule has 1 unspecified atom stereocenters. The van der Waals surface area contributed by atoms with E-state index in [1.165, 1.54) is 38.4 Å². The third-order valence-corrected chi connectivity index (χ3v) is 4.96. The van der Waals surface area contributed by atoms with Gasteiger partial charge in [0.25, 0.3) is 0 Å². The second-order valence-electron chi connectivity index (χ2n) is 4.07. The summed E-state index contributed by atoms with van der Waals surface area (Å²) in [5, 5.41) is 1.03. The number of alkyl halides is 2. The molecule has 0 heterocycles. The van der Waals surface area contributed by atoms with E-state index in [-0.39, 0.29) is 5.97 Å². The summed E-state index contributed by atoms with van der Waals surface area (Å²) in [7, 11) is 0. The van der Waals surface area contributed by atoms with Gasteiger partial charge in [0.2, 0.25) is 0 Å². The standard InChI is InChI=1S/C13H22Br2O2/c1-2-17-13(16)10-8-6-4-3-5-7-9-12(15)11-14/h2,12H,1,3-11H2. The lowest BCUT2D eigenvalue weighted by Crippen LogP contribution is -1.99. The second-order valence-corrected chi connectivity index (χ2v) is 6.01. The van der Waals surface area contributed by atoms with Gasteiger partial charge in [-0.25, -0.2) is 0 Å². The predicted molar refractivity (Wildman–Crippen MR) is 79.7 cm³/mol. The fraction of sp³-hybridized carbons (Fsp3) is 0.769. The average Bonchev–Trinajstić information content (AvgIpc) is 2.32. The highest BCUT2D eigenvalue weighted by Crippen LogP contribution is 2.15. The van der Waals surface area contributed by atoms with Gasteiger partial charge in [0.1, 0.15) is 0 Å². The van der Waals surface area contributed by atoms with E-state index in [9.17, 15) is 4.79 Å². The maximum Gasteiger partial charge on any atom is 0.310 e. The van der Waals surface area contributed by atoms with Crippen LogP contribution in [-0.4, -0.2) is 16.1 Å². The van der Waals surface area contributed by atoms with Crippen LogP contribution in [0.2, 0.25) is 0 Å².